The van der Waals surface area contributed by atoms with Gasteiger partial charge in [-0.2, -0.15) is 0 Å². The lowest BCUT2D eigenvalue weighted by molar-refractivity contribution is 0.468. The van der Waals surface area contributed by atoms with E-state index in [1.165, 1.54) is 16.8 Å². The van der Waals surface area contributed by atoms with E-state index in [0.29, 0.717) is 6.04 Å². The molecule has 1 aromatic carbocycles. The molecule has 2 aromatic rings. The minimum Gasteiger partial charge on any atom is -0.464 e. The van der Waals surface area contributed by atoms with Crippen LogP contribution in [0.5, 0.6) is 0 Å². The van der Waals surface area contributed by atoms with Crippen molar-refractivity contribution < 1.29 is 4.42 Å². The van der Waals surface area contributed by atoms with Crippen LogP contribution in [0.25, 0.3) is 0 Å². The highest BCUT2D eigenvalue weighted by molar-refractivity contribution is 5.59. The normalized spacial score (nSPS) is 17.3. The molecule has 0 radical (unpaired) electrons. The molecule has 3 heteroatoms. The number of furan rings is 1. The van der Waals surface area contributed by atoms with Crippen molar-refractivity contribution in [1.29, 1.82) is 0 Å². The zero-order chi connectivity index (χ0) is 14.8. The fraction of sp³-hybridized carbons (Fsp3) is 0.444. The molecule has 112 valence electrons. The first-order valence-corrected chi connectivity index (χ1v) is 7.82. The Morgan fingerprint density at radius 3 is 2.95 bits per heavy atom. The summed E-state index contributed by atoms with van der Waals surface area (Å²) in [5, 5.41) is 3.36. The molecule has 0 saturated heterocycles. The molecule has 21 heavy (non-hydrogen) atoms. The quantitative estimate of drug-likeness (QED) is 0.908. The highest BCUT2D eigenvalue weighted by Crippen LogP contribution is 2.33. The van der Waals surface area contributed by atoms with Crippen LogP contribution in [0.15, 0.2) is 34.7 Å². The van der Waals surface area contributed by atoms with Crippen LogP contribution >= 0.6 is 0 Å². The number of hydrogen-bond donors (Lipinski definition) is 1. The molecule has 3 rings (SSSR count). The predicted octanol–water partition coefficient (Wildman–Crippen LogP) is 3.65. The summed E-state index contributed by atoms with van der Waals surface area (Å²) in [5.74, 6) is 2.09. The van der Waals surface area contributed by atoms with Gasteiger partial charge < -0.3 is 14.6 Å². The Kier molecular flexibility index (Phi) is 4.02. The first-order valence-electron chi connectivity index (χ1n) is 7.82. The van der Waals surface area contributed by atoms with Crippen molar-refractivity contribution in [3.8, 4) is 0 Å². The number of para-hydroxylation sites is 1. The van der Waals surface area contributed by atoms with Gasteiger partial charge >= 0.3 is 0 Å². The van der Waals surface area contributed by atoms with Crippen LogP contribution in [-0.2, 0) is 19.5 Å². The molecular weight excluding hydrogens is 260 g/mol. The summed E-state index contributed by atoms with van der Waals surface area (Å²) in [7, 11) is 0. The standard InChI is InChI=1S/C18H24N2O/c1-4-19-11-16-10-17(21-14(16)3)12-20-13(2)9-15-7-5-6-8-18(15)20/h5-8,10,13,19H,4,9,11-12H2,1-3H3. The van der Waals surface area contributed by atoms with Gasteiger partial charge in [-0.3, -0.25) is 0 Å². The van der Waals surface area contributed by atoms with Gasteiger partial charge in [-0.1, -0.05) is 25.1 Å². The molecule has 2 heterocycles. The van der Waals surface area contributed by atoms with Crippen LogP contribution in [0.2, 0.25) is 0 Å². The molecule has 0 spiro atoms. The smallest absolute Gasteiger partial charge is 0.123 e. The number of anilines is 1. The lowest BCUT2D eigenvalue weighted by atomic mass is 10.1. The average molecular weight is 284 g/mol. The van der Waals surface area contributed by atoms with Gasteiger partial charge in [-0.25, -0.2) is 0 Å². The first-order chi connectivity index (χ1) is 10.2. The molecule has 0 fully saturated rings. The number of fused-ring (bicyclic) bond motifs is 1. The van der Waals surface area contributed by atoms with Crippen molar-refractivity contribution in [2.24, 2.45) is 0 Å². The van der Waals surface area contributed by atoms with E-state index in [0.717, 1.165) is 37.6 Å². The Balaban J connectivity index is 1.78. The highest BCUT2D eigenvalue weighted by Gasteiger charge is 2.26. The maximum atomic E-state index is 5.96. The fourth-order valence-electron chi connectivity index (χ4n) is 3.14. The molecule has 1 unspecified atom stereocenters. The predicted molar refractivity (Wildman–Crippen MR) is 86.6 cm³/mol. The van der Waals surface area contributed by atoms with Crippen molar-refractivity contribution >= 4 is 5.69 Å². The number of nitrogens with zero attached hydrogens (tertiary/aromatic N) is 1. The van der Waals surface area contributed by atoms with Gasteiger partial charge in [0.1, 0.15) is 11.5 Å². The summed E-state index contributed by atoms with van der Waals surface area (Å²) < 4.78 is 5.96. The zero-order valence-electron chi connectivity index (χ0n) is 13.1. The molecule has 0 bridgehead atoms. The second-order valence-electron chi connectivity index (χ2n) is 5.88. The number of aryl methyl sites for hydroxylation is 1. The lowest BCUT2D eigenvalue weighted by Crippen LogP contribution is -2.28. The number of rotatable bonds is 5. The Hall–Kier alpha value is -1.74. The minimum absolute atomic E-state index is 0.532. The summed E-state index contributed by atoms with van der Waals surface area (Å²) >= 11 is 0. The van der Waals surface area contributed by atoms with Crippen molar-refractivity contribution in [2.45, 2.75) is 46.3 Å². The Bertz CT molecular complexity index is 617. The van der Waals surface area contributed by atoms with Gasteiger partial charge in [0, 0.05) is 23.8 Å². The molecule has 3 nitrogen and oxygen atoms in total. The summed E-state index contributed by atoms with van der Waals surface area (Å²) in [6, 6.07) is 11.4. The van der Waals surface area contributed by atoms with Gasteiger partial charge in [0.25, 0.3) is 0 Å². The average Bonchev–Trinajstić information content (AvgIpc) is 2.98. The molecular formula is C18H24N2O. The summed E-state index contributed by atoms with van der Waals surface area (Å²) in [4.78, 5) is 2.45. The largest absolute Gasteiger partial charge is 0.464 e. The van der Waals surface area contributed by atoms with Gasteiger partial charge in [-0.15, -0.1) is 0 Å². The third-order valence-electron chi connectivity index (χ3n) is 4.31. The van der Waals surface area contributed by atoms with Crippen LogP contribution in [0.1, 0.15) is 36.5 Å². The van der Waals surface area contributed by atoms with Gasteiger partial charge in [0.2, 0.25) is 0 Å². The van der Waals surface area contributed by atoms with Crippen LogP contribution in [0.4, 0.5) is 5.69 Å². The van der Waals surface area contributed by atoms with Gasteiger partial charge in [-0.05, 0) is 44.5 Å². The molecule has 1 aliphatic rings. The second-order valence-corrected chi connectivity index (χ2v) is 5.88. The van der Waals surface area contributed by atoms with E-state index < -0.39 is 0 Å². The maximum Gasteiger partial charge on any atom is 0.123 e. The number of nitrogens with one attached hydrogen (secondary N) is 1. The molecule has 1 atom stereocenters. The number of hydrogen-bond acceptors (Lipinski definition) is 3. The molecule has 1 aliphatic heterocycles. The third kappa shape index (κ3) is 2.84. The number of benzene rings is 1. The molecule has 1 aromatic heterocycles. The Morgan fingerprint density at radius 1 is 1.33 bits per heavy atom. The Labute approximate surface area is 127 Å². The van der Waals surface area contributed by atoms with E-state index in [1.54, 1.807) is 0 Å². The molecule has 0 amide bonds. The monoisotopic (exact) mass is 284 g/mol. The third-order valence-corrected chi connectivity index (χ3v) is 4.31. The fourth-order valence-corrected chi connectivity index (χ4v) is 3.14. The zero-order valence-corrected chi connectivity index (χ0v) is 13.1. The van der Waals surface area contributed by atoms with Gasteiger partial charge in [0.05, 0.1) is 6.54 Å². The summed E-state index contributed by atoms with van der Waals surface area (Å²) in [6.07, 6.45) is 1.13. The second kappa shape index (κ2) is 5.94. The molecule has 1 N–H and O–H groups in total. The minimum atomic E-state index is 0.532. The van der Waals surface area contributed by atoms with Crippen molar-refractivity contribution in [2.75, 3.05) is 11.4 Å². The van der Waals surface area contributed by atoms with E-state index in [1.807, 2.05) is 0 Å². The van der Waals surface area contributed by atoms with Crippen LogP contribution < -0.4 is 10.2 Å². The first kappa shape index (κ1) is 14.2. The van der Waals surface area contributed by atoms with Crippen molar-refractivity contribution in [3.05, 3.63) is 53.0 Å². The van der Waals surface area contributed by atoms with E-state index in [-0.39, 0.29) is 0 Å². The Morgan fingerprint density at radius 2 is 2.14 bits per heavy atom. The maximum absolute atomic E-state index is 5.96. The SMILES string of the molecule is CCNCc1cc(CN2c3ccccc3CC2C)oc1C. The van der Waals surface area contributed by atoms with E-state index >= 15 is 0 Å². The van der Waals surface area contributed by atoms with Gasteiger partial charge in [0.15, 0.2) is 0 Å². The lowest BCUT2D eigenvalue weighted by Gasteiger charge is -2.23. The van der Waals surface area contributed by atoms with Crippen molar-refractivity contribution in [1.82, 2.24) is 5.32 Å². The van der Waals surface area contributed by atoms with Crippen LogP contribution in [0, 0.1) is 6.92 Å². The topological polar surface area (TPSA) is 28.4 Å². The van der Waals surface area contributed by atoms with Crippen LogP contribution in [0.3, 0.4) is 0 Å². The molecule has 0 aliphatic carbocycles. The van der Waals surface area contributed by atoms with E-state index in [2.05, 4.69) is 61.3 Å². The summed E-state index contributed by atoms with van der Waals surface area (Å²) in [5.41, 5.74) is 4.07. The molecule has 0 saturated carbocycles. The summed E-state index contributed by atoms with van der Waals surface area (Å²) in [6.45, 7) is 9.19. The highest BCUT2D eigenvalue weighted by atomic mass is 16.3. The van der Waals surface area contributed by atoms with Crippen molar-refractivity contribution in [3.63, 3.8) is 0 Å². The van der Waals surface area contributed by atoms with E-state index in [9.17, 15) is 0 Å². The van der Waals surface area contributed by atoms with E-state index in [4.69, 9.17) is 4.42 Å². The van der Waals surface area contributed by atoms with Crippen LogP contribution in [-0.4, -0.2) is 12.6 Å².